The van der Waals surface area contributed by atoms with Gasteiger partial charge in [0.05, 0.1) is 29.6 Å². The summed E-state index contributed by atoms with van der Waals surface area (Å²) >= 11 is 0. The highest BCUT2D eigenvalue weighted by molar-refractivity contribution is 5.81. The molecule has 3 aromatic rings. The highest BCUT2D eigenvalue weighted by atomic mass is 16.6. The molecule has 0 aliphatic carbocycles. The van der Waals surface area contributed by atoms with E-state index in [0.717, 1.165) is 17.1 Å². The molecule has 24 heavy (non-hydrogen) atoms. The first kappa shape index (κ1) is 15.5. The van der Waals surface area contributed by atoms with Gasteiger partial charge in [-0.3, -0.25) is 15.1 Å². The zero-order chi connectivity index (χ0) is 16.9. The lowest BCUT2D eigenvalue weighted by molar-refractivity contribution is -0.384. The van der Waals surface area contributed by atoms with Gasteiger partial charge in [0.15, 0.2) is 0 Å². The van der Waals surface area contributed by atoms with Crippen LogP contribution in [0.3, 0.4) is 0 Å². The fraction of sp³-hybridized carbons (Fsp3) is 0.0556. The fourth-order valence-corrected chi connectivity index (χ4v) is 2.28. The third-order valence-corrected chi connectivity index (χ3v) is 3.54. The molecule has 0 radical (unpaired) electrons. The number of hydrogen-bond donors (Lipinski definition) is 0. The highest BCUT2D eigenvalue weighted by Crippen LogP contribution is 2.19. The van der Waals surface area contributed by atoms with Gasteiger partial charge >= 0.3 is 0 Å². The molecule has 0 bridgehead atoms. The van der Waals surface area contributed by atoms with Gasteiger partial charge in [0, 0.05) is 24.0 Å². The lowest BCUT2D eigenvalue weighted by Gasteiger charge is -2.07. The Morgan fingerprint density at radius 3 is 2.42 bits per heavy atom. The molecule has 3 rings (SSSR count). The van der Waals surface area contributed by atoms with E-state index in [1.165, 1.54) is 12.1 Å². The lowest BCUT2D eigenvalue weighted by atomic mass is 10.3. The summed E-state index contributed by atoms with van der Waals surface area (Å²) < 4.78 is 7.16. The molecule has 1 heterocycles. The Kier molecular flexibility index (Phi) is 4.38. The summed E-state index contributed by atoms with van der Waals surface area (Å²) in [6.45, 7) is 0. The number of methoxy groups -OCH3 is 1. The number of non-ortho nitro benzene ring substituents is 1. The Labute approximate surface area is 138 Å². The third kappa shape index (κ3) is 3.33. The molecule has 120 valence electrons. The van der Waals surface area contributed by atoms with E-state index >= 15 is 0 Å². The molecule has 0 spiro atoms. The van der Waals surface area contributed by atoms with Crippen molar-refractivity contribution in [2.45, 2.75) is 0 Å². The molecule has 2 aromatic carbocycles. The van der Waals surface area contributed by atoms with Crippen LogP contribution in [0.4, 0.5) is 11.4 Å². The van der Waals surface area contributed by atoms with Crippen LogP contribution in [0, 0.1) is 10.1 Å². The van der Waals surface area contributed by atoms with Crippen LogP contribution in [0.2, 0.25) is 0 Å². The average Bonchev–Trinajstić information content (AvgIpc) is 3.09. The van der Waals surface area contributed by atoms with Gasteiger partial charge < -0.3 is 9.30 Å². The second-order valence-corrected chi connectivity index (χ2v) is 5.03. The molecule has 0 aliphatic rings. The Hall–Kier alpha value is -3.41. The maximum absolute atomic E-state index is 10.7. The summed E-state index contributed by atoms with van der Waals surface area (Å²) in [6.07, 6.45) is 3.67. The van der Waals surface area contributed by atoms with Crippen LogP contribution in [-0.4, -0.2) is 22.8 Å². The minimum Gasteiger partial charge on any atom is -0.497 e. The Bertz CT molecular complexity index is 865. The second-order valence-electron chi connectivity index (χ2n) is 5.03. The van der Waals surface area contributed by atoms with Crippen molar-refractivity contribution in [2.75, 3.05) is 7.11 Å². The van der Waals surface area contributed by atoms with E-state index < -0.39 is 4.92 Å². The number of nitrogens with zero attached hydrogens (tertiary/aromatic N) is 3. The monoisotopic (exact) mass is 321 g/mol. The first-order valence-corrected chi connectivity index (χ1v) is 7.28. The van der Waals surface area contributed by atoms with Crippen molar-refractivity contribution in [3.05, 3.63) is 82.7 Å². The Morgan fingerprint density at radius 1 is 1.08 bits per heavy atom. The maximum Gasteiger partial charge on any atom is 0.269 e. The number of benzene rings is 2. The van der Waals surface area contributed by atoms with E-state index in [-0.39, 0.29) is 5.69 Å². The molecule has 0 aliphatic heterocycles. The lowest BCUT2D eigenvalue weighted by Crippen LogP contribution is -1.97. The molecule has 6 heteroatoms. The summed E-state index contributed by atoms with van der Waals surface area (Å²) in [6, 6.07) is 17.7. The number of ether oxygens (including phenoxy) is 1. The first-order valence-electron chi connectivity index (χ1n) is 7.28. The molecule has 1 aromatic heterocycles. The van der Waals surface area contributed by atoms with Gasteiger partial charge in [-0.15, -0.1) is 0 Å². The van der Waals surface area contributed by atoms with Crippen molar-refractivity contribution < 1.29 is 9.66 Å². The van der Waals surface area contributed by atoms with E-state index in [9.17, 15) is 10.1 Å². The number of rotatable bonds is 5. The van der Waals surface area contributed by atoms with Crippen molar-refractivity contribution >= 4 is 17.6 Å². The third-order valence-electron chi connectivity index (χ3n) is 3.54. The van der Waals surface area contributed by atoms with Gasteiger partial charge in [-0.1, -0.05) is 0 Å². The normalized spacial score (nSPS) is 10.9. The molecular weight excluding hydrogens is 306 g/mol. The maximum atomic E-state index is 10.7. The van der Waals surface area contributed by atoms with E-state index in [4.69, 9.17) is 4.74 Å². The smallest absolute Gasteiger partial charge is 0.269 e. The average molecular weight is 321 g/mol. The molecule has 0 fully saturated rings. The quantitative estimate of drug-likeness (QED) is 0.403. The van der Waals surface area contributed by atoms with E-state index in [2.05, 4.69) is 4.99 Å². The van der Waals surface area contributed by atoms with Crippen molar-refractivity contribution in [1.82, 2.24) is 4.57 Å². The number of aromatic nitrogens is 1. The predicted molar refractivity (Wildman–Crippen MR) is 92.7 cm³/mol. The summed E-state index contributed by atoms with van der Waals surface area (Å²) in [5, 5.41) is 10.7. The van der Waals surface area contributed by atoms with Gasteiger partial charge in [-0.05, 0) is 48.5 Å². The molecule has 0 amide bonds. The van der Waals surface area contributed by atoms with Gasteiger partial charge in [-0.2, -0.15) is 0 Å². The first-order chi connectivity index (χ1) is 11.7. The van der Waals surface area contributed by atoms with Crippen molar-refractivity contribution in [3.8, 4) is 11.4 Å². The van der Waals surface area contributed by atoms with E-state index in [0.29, 0.717) is 5.69 Å². The van der Waals surface area contributed by atoms with Crippen LogP contribution in [-0.2, 0) is 0 Å². The fourth-order valence-electron chi connectivity index (χ4n) is 2.28. The molecular formula is C18H15N3O3. The van der Waals surface area contributed by atoms with Crippen LogP contribution in [0.5, 0.6) is 5.75 Å². The largest absolute Gasteiger partial charge is 0.497 e. The number of hydrogen-bond acceptors (Lipinski definition) is 4. The zero-order valence-corrected chi connectivity index (χ0v) is 13.0. The number of nitro benzene ring substituents is 1. The van der Waals surface area contributed by atoms with Crippen molar-refractivity contribution in [2.24, 2.45) is 4.99 Å². The minimum atomic E-state index is -0.428. The van der Waals surface area contributed by atoms with Gasteiger partial charge in [-0.25, -0.2) is 0 Å². The van der Waals surface area contributed by atoms with Crippen molar-refractivity contribution in [1.29, 1.82) is 0 Å². The summed E-state index contributed by atoms with van der Waals surface area (Å²) in [5.74, 6) is 0.798. The van der Waals surface area contributed by atoms with Gasteiger partial charge in [0.2, 0.25) is 0 Å². The zero-order valence-electron chi connectivity index (χ0n) is 13.0. The summed E-state index contributed by atoms with van der Waals surface area (Å²) in [5.41, 5.74) is 2.60. The molecule has 6 nitrogen and oxygen atoms in total. The second kappa shape index (κ2) is 6.78. The molecule has 0 saturated carbocycles. The number of aliphatic imine (C=N–C) groups is 1. The number of nitro groups is 1. The predicted octanol–water partition coefficient (Wildman–Crippen LogP) is 4.14. The van der Waals surface area contributed by atoms with Crippen LogP contribution in [0.25, 0.3) is 5.69 Å². The SMILES string of the molecule is COc1ccc(-n2cccc2C=Nc2ccc([N+](=O)[O-])cc2)cc1. The Morgan fingerprint density at radius 2 is 1.79 bits per heavy atom. The Balaban J connectivity index is 1.83. The highest BCUT2D eigenvalue weighted by Gasteiger charge is 2.04. The van der Waals surface area contributed by atoms with Crippen molar-refractivity contribution in [3.63, 3.8) is 0 Å². The molecule has 0 N–H and O–H groups in total. The van der Waals surface area contributed by atoms with Gasteiger partial charge in [0.1, 0.15) is 5.75 Å². The van der Waals surface area contributed by atoms with E-state index in [1.807, 2.05) is 47.2 Å². The summed E-state index contributed by atoms with van der Waals surface area (Å²) in [4.78, 5) is 14.6. The minimum absolute atomic E-state index is 0.0514. The molecule has 0 atom stereocenters. The van der Waals surface area contributed by atoms with Crippen LogP contribution in [0.15, 0.2) is 71.9 Å². The summed E-state index contributed by atoms with van der Waals surface area (Å²) in [7, 11) is 1.63. The van der Waals surface area contributed by atoms with Crippen LogP contribution in [0.1, 0.15) is 5.69 Å². The van der Waals surface area contributed by atoms with E-state index in [1.54, 1.807) is 25.5 Å². The van der Waals surface area contributed by atoms with Crippen LogP contribution >= 0.6 is 0 Å². The standard InChI is InChI=1S/C18H15N3O3/c1-24-18-10-8-15(9-11-18)20-12-2-3-17(20)13-19-14-4-6-16(7-5-14)21(22)23/h2-13H,1H3. The van der Waals surface area contributed by atoms with Gasteiger partial charge in [0.25, 0.3) is 5.69 Å². The topological polar surface area (TPSA) is 69.7 Å². The molecule has 0 unspecified atom stereocenters. The van der Waals surface area contributed by atoms with Crippen LogP contribution < -0.4 is 4.74 Å². The molecule has 0 saturated heterocycles.